The van der Waals surface area contributed by atoms with E-state index in [1.807, 2.05) is 0 Å². The molecule has 0 aliphatic heterocycles. The molecule has 0 aliphatic carbocycles. The second kappa shape index (κ2) is 8.17. The summed E-state index contributed by atoms with van der Waals surface area (Å²) >= 11 is 0. The third-order valence-electron chi connectivity index (χ3n) is 1.98. The third-order valence-corrected chi connectivity index (χ3v) is 1.98. The summed E-state index contributed by atoms with van der Waals surface area (Å²) in [6, 6.07) is 0. The van der Waals surface area contributed by atoms with Crippen LogP contribution in [0.3, 0.4) is 0 Å². The molecule has 1 N–H and O–H groups in total. The van der Waals surface area contributed by atoms with Gasteiger partial charge in [-0.3, -0.25) is 4.98 Å². The molecule has 0 fully saturated rings. The van der Waals surface area contributed by atoms with Crippen LogP contribution in [0.5, 0.6) is 0 Å². The highest BCUT2D eigenvalue weighted by Crippen LogP contribution is 1.97. The Balaban J connectivity index is 1.93. The zero-order chi connectivity index (χ0) is 10.8. The number of aromatic nitrogens is 2. The maximum absolute atomic E-state index is 5.44. The quantitative estimate of drug-likeness (QED) is 0.666. The molecule has 1 aromatic rings. The number of nitrogens with one attached hydrogen (secondary N) is 1. The molecule has 1 aromatic heterocycles. The molecule has 0 saturated carbocycles. The van der Waals surface area contributed by atoms with Gasteiger partial charge in [-0.05, 0) is 12.8 Å². The van der Waals surface area contributed by atoms with Crippen molar-refractivity contribution in [2.45, 2.75) is 26.2 Å². The van der Waals surface area contributed by atoms with Crippen molar-refractivity contribution in [2.75, 3.05) is 25.1 Å². The van der Waals surface area contributed by atoms with Crippen LogP contribution in [0.15, 0.2) is 18.6 Å². The first kappa shape index (κ1) is 11.9. The molecule has 4 nitrogen and oxygen atoms in total. The fourth-order valence-electron chi connectivity index (χ4n) is 1.13. The van der Waals surface area contributed by atoms with Gasteiger partial charge in [-0.1, -0.05) is 13.3 Å². The summed E-state index contributed by atoms with van der Waals surface area (Å²) in [5.41, 5.74) is 0. The zero-order valence-electron chi connectivity index (χ0n) is 9.28. The lowest BCUT2D eigenvalue weighted by Crippen LogP contribution is -2.07. The van der Waals surface area contributed by atoms with Crippen molar-refractivity contribution >= 4 is 5.82 Å². The van der Waals surface area contributed by atoms with Gasteiger partial charge in [0.05, 0.1) is 6.20 Å². The first-order valence-electron chi connectivity index (χ1n) is 5.51. The van der Waals surface area contributed by atoms with Crippen LogP contribution in [0.25, 0.3) is 0 Å². The third kappa shape index (κ3) is 6.01. The number of anilines is 1. The molecule has 0 unspecified atom stereocenters. The van der Waals surface area contributed by atoms with E-state index < -0.39 is 0 Å². The summed E-state index contributed by atoms with van der Waals surface area (Å²) in [6.45, 7) is 4.73. The monoisotopic (exact) mass is 209 g/mol. The topological polar surface area (TPSA) is 47.0 Å². The second-order valence-corrected chi connectivity index (χ2v) is 3.34. The lowest BCUT2D eigenvalue weighted by Gasteiger charge is -2.05. The Morgan fingerprint density at radius 2 is 2.13 bits per heavy atom. The Morgan fingerprint density at radius 1 is 1.27 bits per heavy atom. The van der Waals surface area contributed by atoms with Gasteiger partial charge in [0.25, 0.3) is 0 Å². The van der Waals surface area contributed by atoms with Crippen molar-refractivity contribution in [3.8, 4) is 0 Å². The predicted molar refractivity (Wildman–Crippen MR) is 60.9 cm³/mol. The smallest absolute Gasteiger partial charge is 0.144 e. The maximum atomic E-state index is 5.44. The zero-order valence-corrected chi connectivity index (χ0v) is 9.28. The SMILES string of the molecule is CCCCOCCCNc1cnccn1. The molecule has 0 atom stereocenters. The Morgan fingerprint density at radius 3 is 2.87 bits per heavy atom. The van der Waals surface area contributed by atoms with E-state index >= 15 is 0 Å². The Hall–Kier alpha value is -1.16. The van der Waals surface area contributed by atoms with Gasteiger partial charge in [-0.15, -0.1) is 0 Å². The van der Waals surface area contributed by atoms with Gasteiger partial charge in [0.15, 0.2) is 0 Å². The fourth-order valence-corrected chi connectivity index (χ4v) is 1.13. The fraction of sp³-hybridized carbons (Fsp3) is 0.636. The highest BCUT2D eigenvalue weighted by atomic mass is 16.5. The van der Waals surface area contributed by atoms with Gasteiger partial charge in [0.1, 0.15) is 5.82 Å². The van der Waals surface area contributed by atoms with Crippen LogP contribution < -0.4 is 5.32 Å². The number of nitrogens with zero attached hydrogens (tertiary/aromatic N) is 2. The molecule has 0 aliphatic rings. The van der Waals surface area contributed by atoms with Crippen LogP contribution in [0.4, 0.5) is 5.82 Å². The van der Waals surface area contributed by atoms with Crippen molar-refractivity contribution in [2.24, 2.45) is 0 Å². The molecule has 0 spiro atoms. The predicted octanol–water partition coefficient (Wildman–Crippen LogP) is 2.10. The Labute approximate surface area is 91.1 Å². The first-order chi connectivity index (χ1) is 7.43. The number of unbranched alkanes of at least 4 members (excludes halogenated alkanes) is 1. The molecule has 0 radical (unpaired) electrons. The minimum atomic E-state index is 0.813. The summed E-state index contributed by atoms with van der Waals surface area (Å²) in [6.07, 6.45) is 8.41. The summed E-state index contributed by atoms with van der Waals surface area (Å²) in [7, 11) is 0. The van der Waals surface area contributed by atoms with Crippen LogP contribution in [0, 0.1) is 0 Å². The average Bonchev–Trinajstić information content (AvgIpc) is 2.29. The van der Waals surface area contributed by atoms with Crippen LogP contribution >= 0.6 is 0 Å². The molecule has 15 heavy (non-hydrogen) atoms. The first-order valence-corrected chi connectivity index (χ1v) is 5.51. The van der Waals surface area contributed by atoms with E-state index in [-0.39, 0.29) is 0 Å². The van der Waals surface area contributed by atoms with E-state index in [2.05, 4.69) is 22.2 Å². The van der Waals surface area contributed by atoms with Crippen molar-refractivity contribution in [3.63, 3.8) is 0 Å². The molecule has 1 heterocycles. The van der Waals surface area contributed by atoms with E-state index in [4.69, 9.17) is 4.74 Å². The highest BCUT2D eigenvalue weighted by Gasteiger charge is 1.92. The van der Waals surface area contributed by atoms with E-state index in [1.165, 1.54) is 6.42 Å². The number of ether oxygens (including phenoxy) is 1. The van der Waals surface area contributed by atoms with Crippen molar-refractivity contribution in [3.05, 3.63) is 18.6 Å². The van der Waals surface area contributed by atoms with Crippen molar-refractivity contribution in [1.29, 1.82) is 0 Å². The highest BCUT2D eigenvalue weighted by molar-refractivity contribution is 5.29. The number of rotatable bonds is 8. The van der Waals surface area contributed by atoms with Gasteiger partial charge >= 0.3 is 0 Å². The maximum Gasteiger partial charge on any atom is 0.144 e. The average molecular weight is 209 g/mol. The summed E-state index contributed by atoms with van der Waals surface area (Å²) < 4.78 is 5.44. The molecule has 0 amide bonds. The van der Waals surface area contributed by atoms with Crippen LogP contribution in [-0.4, -0.2) is 29.7 Å². The van der Waals surface area contributed by atoms with E-state index in [9.17, 15) is 0 Å². The summed E-state index contributed by atoms with van der Waals surface area (Å²) in [4.78, 5) is 8.08. The van der Waals surface area contributed by atoms with E-state index in [0.717, 1.165) is 38.4 Å². The molecular weight excluding hydrogens is 190 g/mol. The van der Waals surface area contributed by atoms with E-state index in [1.54, 1.807) is 18.6 Å². The Kier molecular flexibility index (Phi) is 6.49. The molecule has 0 saturated heterocycles. The van der Waals surface area contributed by atoms with Crippen molar-refractivity contribution < 1.29 is 4.74 Å². The molecule has 1 rings (SSSR count). The van der Waals surface area contributed by atoms with Gasteiger partial charge < -0.3 is 10.1 Å². The molecular formula is C11H19N3O. The lowest BCUT2D eigenvalue weighted by molar-refractivity contribution is 0.131. The molecule has 4 heteroatoms. The van der Waals surface area contributed by atoms with Gasteiger partial charge in [-0.25, -0.2) is 4.98 Å². The van der Waals surface area contributed by atoms with Crippen LogP contribution in [0.1, 0.15) is 26.2 Å². The molecule has 0 aromatic carbocycles. The van der Waals surface area contributed by atoms with Gasteiger partial charge in [-0.2, -0.15) is 0 Å². The Bertz CT molecular complexity index is 241. The second-order valence-electron chi connectivity index (χ2n) is 3.34. The largest absolute Gasteiger partial charge is 0.381 e. The minimum Gasteiger partial charge on any atom is -0.381 e. The summed E-state index contributed by atoms with van der Waals surface area (Å²) in [5.74, 6) is 0.825. The lowest BCUT2D eigenvalue weighted by atomic mass is 10.4. The standard InChI is InChI=1S/C11H19N3O/c1-2-3-8-15-9-4-5-13-11-10-12-6-7-14-11/h6-7,10H,2-5,8-9H2,1H3,(H,13,14). The van der Waals surface area contributed by atoms with Crippen LogP contribution in [0.2, 0.25) is 0 Å². The molecule has 0 bridgehead atoms. The van der Waals surface area contributed by atoms with Gasteiger partial charge in [0, 0.05) is 32.2 Å². The summed E-state index contributed by atoms with van der Waals surface area (Å²) in [5, 5.41) is 3.18. The van der Waals surface area contributed by atoms with Crippen LogP contribution in [-0.2, 0) is 4.74 Å². The van der Waals surface area contributed by atoms with Gasteiger partial charge in [0.2, 0.25) is 0 Å². The number of hydrogen-bond donors (Lipinski definition) is 1. The molecule has 84 valence electrons. The van der Waals surface area contributed by atoms with E-state index in [0.29, 0.717) is 0 Å². The minimum absolute atomic E-state index is 0.813. The van der Waals surface area contributed by atoms with Crippen molar-refractivity contribution in [1.82, 2.24) is 9.97 Å². The number of hydrogen-bond acceptors (Lipinski definition) is 4. The normalized spacial score (nSPS) is 10.2.